The Morgan fingerprint density at radius 3 is 2.42 bits per heavy atom. The molecule has 2 aliphatic heterocycles. The van der Waals surface area contributed by atoms with Crippen LogP contribution in [0, 0.1) is 18.8 Å². The number of rotatable bonds is 5. The first-order chi connectivity index (χ1) is 20.6. The summed E-state index contributed by atoms with van der Waals surface area (Å²) in [7, 11) is 0. The highest BCUT2D eigenvalue weighted by Gasteiger charge is 2.43. The molecule has 0 spiro atoms. The van der Waals surface area contributed by atoms with Crippen molar-refractivity contribution in [3.05, 3.63) is 94.5 Å². The van der Waals surface area contributed by atoms with Crippen LogP contribution in [-0.4, -0.2) is 35.7 Å². The van der Waals surface area contributed by atoms with Crippen molar-refractivity contribution in [1.82, 2.24) is 4.90 Å². The lowest BCUT2D eigenvalue weighted by atomic mass is 9.67. The summed E-state index contributed by atoms with van der Waals surface area (Å²) in [5, 5.41) is 6.31. The Labute approximate surface area is 248 Å². The summed E-state index contributed by atoms with van der Waals surface area (Å²) >= 11 is 0. The summed E-state index contributed by atoms with van der Waals surface area (Å²) in [6.45, 7) is 2.26. The van der Waals surface area contributed by atoms with Gasteiger partial charge in [0.15, 0.2) is 0 Å². The maximum absolute atomic E-state index is 14.8. The molecule has 3 unspecified atom stereocenters. The minimum Gasteiger partial charge on any atom is -0.382 e. The number of benzene rings is 2. The van der Waals surface area contributed by atoms with Crippen LogP contribution in [0.15, 0.2) is 77.8 Å². The van der Waals surface area contributed by atoms with E-state index in [1.165, 1.54) is 44.1 Å². The first-order valence-electron chi connectivity index (χ1n) is 15.0. The van der Waals surface area contributed by atoms with Gasteiger partial charge in [0.05, 0.1) is 5.56 Å². The molecule has 2 aromatic rings. The van der Waals surface area contributed by atoms with Gasteiger partial charge in [0.1, 0.15) is 11.5 Å². The number of allylic oxidation sites excluding steroid dienone is 3. The second kappa shape index (κ2) is 11.7. The van der Waals surface area contributed by atoms with Crippen molar-refractivity contribution in [3.63, 3.8) is 0 Å². The Morgan fingerprint density at radius 1 is 0.977 bits per heavy atom. The smallest absolute Gasteiger partial charge is 0.382 e. The second-order valence-corrected chi connectivity index (χ2v) is 12.1. The minimum atomic E-state index is -4.55. The van der Waals surface area contributed by atoms with Gasteiger partial charge in [-0.2, -0.15) is 13.2 Å². The van der Waals surface area contributed by atoms with E-state index in [0.29, 0.717) is 32.0 Å². The van der Waals surface area contributed by atoms with Crippen LogP contribution < -0.4 is 10.6 Å². The van der Waals surface area contributed by atoms with Crippen molar-refractivity contribution < 1.29 is 27.2 Å². The standard InChI is InChI=1S/C34H35F4N3O2/c1-20-8-12-25(17-28(20)34(36,37)38)40-33(43)26-15-11-22-19-41-16-4-7-29(35)32(41)30(42)18-27(22)31(26)21-9-13-24(14-10-21)39-23-5-2-3-6-23/h4,7-10,12-14,17-18,22-23,26,31,39H,2-3,5-6,11,15-16,19H2,1H3,(H,40,43). The van der Waals surface area contributed by atoms with E-state index < -0.39 is 41.1 Å². The lowest BCUT2D eigenvalue weighted by molar-refractivity contribution is -0.138. The highest BCUT2D eigenvalue weighted by atomic mass is 19.4. The number of anilines is 2. The molecule has 0 bridgehead atoms. The molecule has 2 fully saturated rings. The van der Waals surface area contributed by atoms with Gasteiger partial charge in [-0.1, -0.05) is 42.7 Å². The van der Waals surface area contributed by atoms with Crippen LogP contribution in [-0.2, 0) is 15.8 Å². The summed E-state index contributed by atoms with van der Waals surface area (Å²) in [5.41, 5.74) is 1.97. The van der Waals surface area contributed by atoms with Crippen molar-refractivity contribution in [3.8, 4) is 0 Å². The largest absolute Gasteiger partial charge is 0.416 e. The Hall–Kier alpha value is -3.88. The SMILES string of the molecule is Cc1ccc(NC(=O)C2CCC3CN4CC=CC(F)=C4C(=O)C=C3C2c2ccc(NC3CCCC3)cc2)cc1C(F)(F)F. The topological polar surface area (TPSA) is 61.4 Å². The molecule has 3 atom stereocenters. The molecule has 0 aromatic heterocycles. The average molecular weight is 594 g/mol. The summed E-state index contributed by atoms with van der Waals surface area (Å²) in [5.74, 6) is -2.61. The van der Waals surface area contributed by atoms with E-state index in [1.807, 2.05) is 24.3 Å². The fourth-order valence-corrected chi connectivity index (χ4v) is 7.17. The zero-order valence-electron chi connectivity index (χ0n) is 24.0. The number of nitrogens with one attached hydrogen (secondary N) is 2. The predicted octanol–water partition coefficient (Wildman–Crippen LogP) is 7.68. The Morgan fingerprint density at radius 2 is 1.70 bits per heavy atom. The molecular weight excluding hydrogens is 558 g/mol. The highest BCUT2D eigenvalue weighted by Crippen LogP contribution is 2.48. The minimum absolute atomic E-state index is 0.0413. The van der Waals surface area contributed by atoms with Crippen LogP contribution in [0.4, 0.5) is 28.9 Å². The number of amides is 1. The lowest BCUT2D eigenvalue weighted by Crippen LogP contribution is -2.38. The van der Waals surface area contributed by atoms with E-state index >= 15 is 0 Å². The summed E-state index contributed by atoms with van der Waals surface area (Å²) in [6.07, 6.45) is 5.67. The predicted molar refractivity (Wildman–Crippen MR) is 158 cm³/mol. The number of hydrogen-bond acceptors (Lipinski definition) is 4. The zero-order chi connectivity index (χ0) is 30.3. The molecule has 2 aliphatic carbocycles. The van der Waals surface area contributed by atoms with E-state index in [4.69, 9.17) is 0 Å². The maximum Gasteiger partial charge on any atom is 0.416 e. The van der Waals surface area contributed by atoms with E-state index in [9.17, 15) is 27.2 Å². The van der Waals surface area contributed by atoms with Gasteiger partial charge in [-0.15, -0.1) is 0 Å². The molecule has 2 N–H and O–H groups in total. The molecule has 9 heteroatoms. The van der Waals surface area contributed by atoms with Crippen LogP contribution in [0.25, 0.3) is 0 Å². The molecule has 0 saturated heterocycles. The Bertz CT molecular complexity index is 1500. The van der Waals surface area contributed by atoms with Gasteiger partial charge in [-0.3, -0.25) is 9.59 Å². The van der Waals surface area contributed by atoms with Crippen molar-refractivity contribution in [1.29, 1.82) is 0 Å². The molecule has 1 amide bonds. The Balaban J connectivity index is 1.35. The van der Waals surface area contributed by atoms with E-state index in [1.54, 1.807) is 11.0 Å². The van der Waals surface area contributed by atoms with Gasteiger partial charge >= 0.3 is 6.18 Å². The third kappa shape index (κ3) is 5.99. The van der Waals surface area contributed by atoms with Crippen molar-refractivity contribution in [2.75, 3.05) is 23.7 Å². The number of hydrogen-bond donors (Lipinski definition) is 2. The molecular formula is C34H35F4N3O2. The normalized spacial score (nSPS) is 24.3. The third-order valence-corrected chi connectivity index (χ3v) is 9.31. The first kappa shape index (κ1) is 29.2. The molecule has 43 heavy (non-hydrogen) atoms. The van der Waals surface area contributed by atoms with Gasteiger partial charge in [-0.05, 0) is 86.1 Å². The highest BCUT2D eigenvalue weighted by molar-refractivity contribution is 6.05. The van der Waals surface area contributed by atoms with Crippen LogP contribution in [0.3, 0.4) is 0 Å². The number of alkyl halides is 3. The van der Waals surface area contributed by atoms with Gasteiger partial charge < -0.3 is 15.5 Å². The van der Waals surface area contributed by atoms with Gasteiger partial charge in [0.25, 0.3) is 0 Å². The lowest BCUT2D eigenvalue weighted by Gasteiger charge is -2.39. The summed E-state index contributed by atoms with van der Waals surface area (Å²) in [4.78, 5) is 29.0. The van der Waals surface area contributed by atoms with Gasteiger partial charge in [0, 0.05) is 42.3 Å². The van der Waals surface area contributed by atoms with E-state index in [0.717, 1.165) is 35.7 Å². The average Bonchev–Trinajstić information content (AvgIpc) is 3.42. The number of nitrogens with zero attached hydrogens (tertiary/aromatic N) is 1. The van der Waals surface area contributed by atoms with Crippen molar-refractivity contribution >= 4 is 23.1 Å². The van der Waals surface area contributed by atoms with Crippen LogP contribution in [0.2, 0.25) is 0 Å². The number of carbonyl (C=O) groups is 2. The van der Waals surface area contributed by atoms with Crippen LogP contribution >= 0.6 is 0 Å². The number of halogens is 4. The van der Waals surface area contributed by atoms with Gasteiger partial charge in [0.2, 0.25) is 11.7 Å². The third-order valence-electron chi connectivity index (χ3n) is 9.31. The maximum atomic E-state index is 14.8. The van der Waals surface area contributed by atoms with Crippen molar-refractivity contribution in [2.24, 2.45) is 11.8 Å². The summed E-state index contributed by atoms with van der Waals surface area (Å²) in [6, 6.07) is 12.1. The fraction of sp³-hybridized carbons (Fsp3) is 0.412. The monoisotopic (exact) mass is 593 g/mol. The van der Waals surface area contributed by atoms with Crippen LogP contribution in [0.5, 0.6) is 0 Å². The van der Waals surface area contributed by atoms with E-state index in [-0.39, 0.29) is 22.9 Å². The Kier molecular flexibility index (Phi) is 7.92. The molecule has 226 valence electrons. The molecule has 2 saturated carbocycles. The molecule has 2 heterocycles. The van der Waals surface area contributed by atoms with Crippen molar-refractivity contribution in [2.45, 2.75) is 63.6 Å². The molecule has 6 rings (SSSR count). The fourth-order valence-electron chi connectivity index (χ4n) is 7.17. The van der Waals surface area contributed by atoms with Gasteiger partial charge in [-0.25, -0.2) is 4.39 Å². The second-order valence-electron chi connectivity index (χ2n) is 12.1. The molecule has 4 aliphatic rings. The molecule has 0 radical (unpaired) electrons. The van der Waals surface area contributed by atoms with E-state index in [2.05, 4.69) is 10.6 Å². The zero-order valence-corrected chi connectivity index (χ0v) is 24.0. The number of carbonyl (C=O) groups excluding carboxylic acids is 2. The quantitative estimate of drug-likeness (QED) is 0.349. The first-order valence-corrected chi connectivity index (χ1v) is 15.0. The number of aryl methyl sites for hydroxylation is 1. The number of fused-ring (bicyclic) bond motifs is 2. The number of ketones is 1. The molecule has 2 aromatic carbocycles. The van der Waals surface area contributed by atoms with Crippen LogP contribution in [0.1, 0.15) is 61.1 Å². The molecule has 5 nitrogen and oxygen atoms in total. The summed E-state index contributed by atoms with van der Waals surface area (Å²) < 4.78 is 55.6.